The molecule has 1 aromatic heterocycles. The summed E-state index contributed by atoms with van der Waals surface area (Å²) in [7, 11) is 0. The van der Waals surface area contributed by atoms with Crippen molar-refractivity contribution in [3.8, 4) is 11.5 Å². The maximum Gasteiger partial charge on any atom is 0.231 e. The average Bonchev–Trinajstić information content (AvgIpc) is 2.93. The van der Waals surface area contributed by atoms with Gasteiger partial charge in [-0.15, -0.1) is 0 Å². The zero-order chi connectivity index (χ0) is 13.1. The number of benzene rings is 1. The molecule has 0 saturated heterocycles. The standard InChI is InChI=1S/C15H16N2O2/c1-11(13-4-6-16-7-5-13)17-9-12-2-3-14-15(8-12)19-10-18-14/h2-8,11,17H,9-10H2,1H3/t11-/m1/s1. The summed E-state index contributed by atoms with van der Waals surface area (Å²) in [6.07, 6.45) is 3.63. The van der Waals surface area contributed by atoms with Crippen molar-refractivity contribution in [1.82, 2.24) is 10.3 Å². The molecule has 0 unspecified atom stereocenters. The molecule has 0 bridgehead atoms. The van der Waals surface area contributed by atoms with Gasteiger partial charge < -0.3 is 14.8 Å². The highest BCUT2D eigenvalue weighted by molar-refractivity contribution is 5.44. The fraction of sp³-hybridized carbons (Fsp3) is 0.267. The third-order valence-electron chi connectivity index (χ3n) is 3.26. The first kappa shape index (κ1) is 12.0. The van der Waals surface area contributed by atoms with E-state index in [4.69, 9.17) is 9.47 Å². The number of ether oxygens (including phenoxy) is 2. The lowest BCUT2D eigenvalue weighted by atomic mass is 10.1. The van der Waals surface area contributed by atoms with E-state index in [0.29, 0.717) is 6.79 Å². The molecule has 0 aliphatic carbocycles. The van der Waals surface area contributed by atoms with Crippen molar-refractivity contribution >= 4 is 0 Å². The van der Waals surface area contributed by atoms with Crippen LogP contribution in [-0.2, 0) is 6.54 Å². The minimum absolute atomic E-state index is 0.286. The molecule has 98 valence electrons. The summed E-state index contributed by atoms with van der Waals surface area (Å²) in [4.78, 5) is 4.03. The van der Waals surface area contributed by atoms with Gasteiger partial charge in [-0.05, 0) is 42.3 Å². The van der Waals surface area contributed by atoms with Crippen molar-refractivity contribution in [3.63, 3.8) is 0 Å². The van der Waals surface area contributed by atoms with Gasteiger partial charge in [-0.2, -0.15) is 0 Å². The molecule has 2 aromatic rings. The molecular formula is C15H16N2O2. The average molecular weight is 256 g/mol. The Balaban J connectivity index is 1.63. The summed E-state index contributed by atoms with van der Waals surface area (Å²) in [5, 5.41) is 3.48. The molecule has 4 heteroatoms. The number of hydrogen-bond acceptors (Lipinski definition) is 4. The molecule has 1 aromatic carbocycles. The normalized spacial score (nSPS) is 14.4. The van der Waals surface area contributed by atoms with Gasteiger partial charge in [-0.3, -0.25) is 4.98 Å². The van der Waals surface area contributed by atoms with Crippen molar-refractivity contribution in [1.29, 1.82) is 0 Å². The molecular weight excluding hydrogens is 240 g/mol. The van der Waals surface area contributed by atoms with E-state index < -0.39 is 0 Å². The lowest BCUT2D eigenvalue weighted by Crippen LogP contribution is -2.18. The van der Waals surface area contributed by atoms with Gasteiger partial charge in [0, 0.05) is 25.0 Å². The van der Waals surface area contributed by atoms with E-state index in [0.717, 1.165) is 18.0 Å². The molecule has 19 heavy (non-hydrogen) atoms. The summed E-state index contributed by atoms with van der Waals surface area (Å²) < 4.78 is 10.7. The Labute approximate surface area is 112 Å². The van der Waals surface area contributed by atoms with Gasteiger partial charge in [-0.1, -0.05) is 6.07 Å². The summed E-state index contributed by atoms with van der Waals surface area (Å²) in [6, 6.07) is 10.4. The zero-order valence-corrected chi connectivity index (χ0v) is 10.8. The van der Waals surface area contributed by atoms with Gasteiger partial charge >= 0.3 is 0 Å². The Morgan fingerprint density at radius 3 is 2.79 bits per heavy atom. The number of nitrogens with one attached hydrogen (secondary N) is 1. The Hall–Kier alpha value is -2.07. The highest BCUT2D eigenvalue weighted by atomic mass is 16.7. The second-order valence-corrected chi connectivity index (χ2v) is 4.57. The second-order valence-electron chi connectivity index (χ2n) is 4.57. The summed E-state index contributed by atoms with van der Waals surface area (Å²) >= 11 is 0. The van der Waals surface area contributed by atoms with Gasteiger partial charge in [-0.25, -0.2) is 0 Å². The number of hydrogen-bond donors (Lipinski definition) is 1. The van der Waals surface area contributed by atoms with Gasteiger partial charge in [0.25, 0.3) is 0 Å². The second kappa shape index (κ2) is 5.28. The minimum atomic E-state index is 0.286. The summed E-state index contributed by atoms with van der Waals surface area (Å²) in [5.74, 6) is 1.65. The molecule has 4 nitrogen and oxygen atoms in total. The predicted octanol–water partition coefficient (Wildman–Crippen LogP) is 2.66. The van der Waals surface area contributed by atoms with Crippen LogP contribution in [0.25, 0.3) is 0 Å². The molecule has 0 radical (unpaired) electrons. The van der Waals surface area contributed by atoms with Crippen LogP contribution in [-0.4, -0.2) is 11.8 Å². The van der Waals surface area contributed by atoms with Crippen LogP contribution in [0.3, 0.4) is 0 Å². The van der Waals surface area contributed by atoms with Crippen LogP contribution in [0.2, 0.25) is 0 Å². The fourth-order valence-corrected chi connectivity index (χ4v) is 2.09. The molecule has 2 heterocycles. The number of pyridine rings is 1. The Bertz CT molecular complexity index is 557. The topological polar surface area (TPSA) is 43.4 Å². The lowest BCUT2D eigenvalue weighted by molar-refractivity contribution is 0.174. The minimum Gasteiger partial charge on any atom is -0.454 e. The predicted molar refractivity (Wildman–Crippen MR) is 72.1 cm³/mol. The Morgan fingerprint density at radius 1 is 1.16 bits per heavy atom. The first-order chi connectivity index (χ1) is 9.33. The molecule has 0 fully saturated rings. The van der Waals surface area contributed by atoms with Crippen LogP contribution in [0.4, 0.5) is 0 Å². The smallest absolute Gasteiger partial charge is 0.231 e. The van der Waals surface area contributed by atoms with Gasteiger partial charge in [0.2, 0.25) is 6.79 Å². The summed E-state index contributed by atoms with van der Waals surface area (Å²) in [6.45, 7) is 3.25. The molecule has 1 aliphatic heterocycles. The monoisotopic (exact) mass is 256 g/mol. The van der Waals surface area contributed by atoms with E-state index in [1.807, 2.05) is 36.7 Å². The molecule has 0 amide bonds. The third-order valence-corrected chi connectivity index (χ3v) is 3.26. The van der Waals surface area contributed by atoms with Crippen LogP contribution in [0.1, 0.15) is 24.1 Å². The Morgan fingerprint density at radius 2 is 1.95 bits per heavy atom. The largest absolute Gasteiger partial charge is 0.454 e. The van der Waals surface area contributed by atoms with Crippen molar-refractivity contribution in [2.24, 2.45) is 0 Å². The number of nitrogens with zero attached hydrogens (tertiary/aromatic N) is 1. The molecule has 0 spiro atoms. The number of fused-ring (bicyclic) bond motifs is 1. The van der Waals surface area contributed by atoms with E-state index in [1.54, 1.807) is 0 Å². The first-order valence-corrected chi connectivity index (χ1v) is 6.35. The van der Waals surface area contributed by atoms with E-state index >= 15 is 0 Å². The highest BCUT2D eigenvalue weighted by Gasteiger charge is 2.13. The quantitative estimate of drug-likeness (QED) is 0.913. The van der Waals surface area contributed by atoms with Crippen LogP contribution in [0.5, 0.6) is 11.5 Å². The SMILES string of the molecule is C[C@@H](NCc1ccc2c(c1)OCO2)c1ccncc1. The van der Waals surface area contributed by atoms with Crippen LogP contribution < -0.4 is 14.8 Å². The Kier molecular flexibility index (Phi) is 3.33. The number of rotatable bonds is 4. The van der Waals surface area contributed by atoms with Gasteiger partial charge in [0.05, 0.1) is 0 Å². The van der Waals surface area contributed by atoms with E-state index in [2.05, 4.69) is 23.3 Å². The van der Waals surface area contributed by atoms with Crippen LogP contribution >= 0.6 is 0 Å². The molecule has 0 saturated carbocycles. The fourth-order valence-electron chi connectivity index (χ4n) is 2.09. The maximum absolute atomic E-state index is 5.37. The van der Waals surface area contributed by atoms with Crippen molar-refractivity contribution < 1.29 is 9.47 Å². The molecule has 1 N–H and O–H groups in total. The molecule has 1 atom stereocenters. The number of aromatic nitrogens is 1. The summed E-state index contributed by atoms with van der Waals surface area (Å²) in [5.41, 5.74) is 2.42. The zero-order valence-electron chi connectivity index (χ0n) is 10.8. The van der Waals surface area contributed by atoms with Crippen molar-refractivity contribution in [2.75, 3.05) is 6.79 Å². The van der Waals surface area contributed by atoms with Crippen molar-refractivity contribution in [3.05, 3.63) is 53.9 Å². The molecule has 1 aliphatic rings. The van der Waals surface area contributed by atoms with Gasteiger partial charge in [0.15, 0.2) is 11.5 Å². The third kappa shape index (κ3) is 2.69. The van der Waals surface area contributed by atoms with E-state index in [9.17, 15) is 0 Å². The first-order valence-electron chi connectivity index (χ1n) is 6.35. The van der Waals surface area contributed by atoms with E-state index in [-0.39, 0.29) is 6.04 Å². The maximum atomic E-state index is 5.37. The van der Waals surface area contributed by atoms with Crippen LogP contribution in [0, 0.1) is 0 Å². The van der Waals surface area contributed by atoms with E-state index in [1.165, 1.54) is 11.1 Å². The van der Waals surface area contributed by atoms with Crippen molar-refractivity contribution in [2.45, 2.75) is 19.5 Å². The highest BCUT2D eigenvalue weighted by Crippen LogP contribution is 2.32. The molecule has 3 rings (SSSR count). The van der Waals surface area contributed by atoms with Crippen LogP contribution in [0.15, 0.2) is 42.7 Å². The van der Waals surface area contributed by atoms with Gasteiger partial charge in [0.1, 0.15) is 0 Å². The lowest BCUT2D eigenvalue weighted by Gasteiger charge is -2.14.